The molecule has 0 aromatic heterocycles. The van der Waals surface area contributed by atoms with E-state index in [4.69, 9.17) is 17.0 Å². The van der Waals surface area contributed by atoms with Crippen LogP contribution in [0.5, 0.6) is 5.75 Å². The zero-order chi connectivity index (χ0) is 18.8. The van der Waals surface area contributed by atoms with E-state index >= 15 is 0 Å². The molecule has 3 rings (SSSR count). The molecule has 1 heterocycles. The summed E-state index contributed by atoms with van der Waals surface area (Å²) in [4.78, 5) is 16.7. The molecule has 0 aliphatic carbocycles. The van der Waals surface area contributed by atoms with Gasteiger partial charge in [-0.1, -0.05) is 30.0 Å². The summed E-state index contributed by atoms with van der Waals surface area (Å²) < 4.78 is 19.2. The van der Waals surface area contributed by atoms with Gasteiger partial charge in [0, 0.05) is 19.8 Å². The van der Waals surface area contributed by atoms with Crippen molar-refractivity contribution in [2.24, 2.45) is 0 Å². The second-order valence-electron chi connectivity index (χ2n) is 5.82. The number of thiocarbonyl (C=S) groups is 1. The predicted molar refractivity (Wildman–Crippen MR) is 109 cm³/mol. The van der Waals surface area contributed by atoms with Crippen molar-refractivity contribution in [3.05, 3.63) is 58.8 Å². The van der Waals surface area contributed by atoms with E-state index in [1.807, 2.05) is 43.3 Å². The summed E-state index contributed by atoms with van der Waals surface area (Å²) in [5.74, 6) is -0.527. The number of hydrogen-bond donors (Lipinski definition) is 0. The fraction of sp³-hybridized carbons (Fsp3) is 0.158. The quantitative estimate of drug-likeness (QED) is 0.576. The van der Waals surface area contributed by atoms with Crippen molar-refractivity contribution in [1.29, 1.82) is 0 Å². The van der Waals surface area contributed by atoms with Gasteiger partial charge in [-0.15, -0.1) is 0 Å². The predicted octanol–water partition coefficient (Wildman–Crippen LogP) is 4.31. The second kappa shape index (κ2) is 7.47. The fourth-order valence-corrected chi connectivity index (χ4v) is 3.81. The molecule has 2 aromatic carbocycles. The lowest BCUT2D eigenvalue weighted by molar-refractivity contribution is -0.113. The number of anilines is 2. The molecule has 0 saturated carbocycles. The molecule has 1 aliphatic rings. The van der Waals surface area contributed by atoms with Crippen LogP contribution in [0, 0.1) is 5.82 Å². The van der Waals surface area contributed by atoms with Gasteiger partial charge in [0.1, 0.15) is 0 Å². The molecular weight excluding hydrogens is 371 g/mol. The zero-order valence-electron chi connectivity index (χ0n) is 14.5. The normalized spacial score (nSPS) is 15.7. The van der Waals surface area contributed by atoms with Crippen LogP contribution in [0.2, 0.25) is 0 Å². The van der Waals surface area contributed by atoms with Crippen molar-refractivity contribution in [3.8, 4) is 5.75 Å². The van der Waals surface area contributed by atoms with E-state index < -0.39 is 5.82 Å². The molecule has 0 N–H and O–H groups in total. The van der Waals surface area contributed by atoms with Gasteiger partial charge in [0.2, 0.25) is 0 Å². The minimum atomic E-state index is -0.476. The lowest BCUT2D eigenvalue weighted by Crippen LogP contribution is -2.27. The minimum absolute atomic E-state index is 0.163. The highest BCUT2D eigenvalue weighted by Gasteiger charge is 2.33. The first kappa shape index (κ1) is 18.4. The molecule has 0 atom stereocenters. The molecule has 4 nitrogen and oxygen atoms in total. The molecule has 1 fully saturated rings. The van der Waals surface area contributed by atoms with Crippen LogP contribution < -0.4 is 14.5 Å². The first-order valence-electron chi connectivity index (χ1n) is 7.79. The summed E-state index contributed by atoms with van der Waals surface area (Å²) >= 11 is 6.57. The Balaban J connectivity index is 1.87. The van der Waals surface area contributed by atoms with Crippen LogP contribution in [-0.2, 0) is 4.79 Å². The first-order chi connectivity index (χ1) is 12.4. The molecule has 0 radical (unpaired) electrons. The Hall–Kier alpha value is -2.38. The number of rotatable bonds is 4. The Morgan fingerprint density at radius 2 is 1.88 bits per heavy atom. The van der Waals surface area contributed by atoms with Crippen molar-refractivity contribution in [1.82, 2.24) is 0 Å². The molecule has 1 amide bonds. The summed E-state index contributed by atoms with van der Waals surface area (Å²) in [6.07, 6.45) is 1.63. The van der Waals surface area contributed by atoms with E-state index in [1.165, 1.54) is 35.9 Å². The number of amides is 1. The lowest BCUT2D eigenvalue weighted by Gasteiger charge is -2.17. The van der Waals surface area contributed by atoms with Crippen LogP contribution in [-0.4, -0.2) is 31.4 Å². The monoisotopic (exact) mass is 388 g/mol. The lowest BCUT2D eigenvalue weighted by atomic mass is 10.2. The van der Waals surface area contributed by atoms with E-state index in [1.54, 1.807) is 12.1 Å². The number of benzene rings is 2. The van der Waals surface area contributed by atoms with Crippen LogP contribution in [0.25, 0.3) is 6.08 Å². The maximum absolute atomic E-state index is 13.9. The largest absolute Gasteiger partial charge is 0.494 e. The number of methoxy groups -OCH3 is 1. The molecule has 2 aromatic rings. The molecule has 1 aliphatic heterocycles. The van der Waals surface area contributed by atoms with Crippen molar-refractivity contribution >= 4 is 51.7 Å². The Morgan fingerprint density at radius 3 is 2.46 bits per heavy atom. The smallest absolute Gasteiger partial charge is 0.270 e. The topological polar surface area (TPSA) is 32.8 Å². The first-order valence-corrected chi connectivity index (χ1v) is 9.02. The highest BCUT2D eigenvalue weighted by Crippen LogP contribution is 2.36. The molecule has 134 valence electrons. The molecule has 1 saturated heterocycles. The summed E-state index contributed by atoms with van der Waals surface area (Å²) in [6, 6.07) is 12.1. The molecular formula is C19H17FN2O2S2. The molecule has 0 bridgehead atoms. The summed E-state index contributed by atoms with van der Waals surface area (Å²) in [7, 11) is 5.31. The number of ether oxygens (including phenoxy) is 1. The third-order valence-electron chi connectivity index (χ3n) is 3.89. The molecule has 0 spiro atoms. The van der Waals surface area contributed by atoms with Crippen LogP contribution >= 0.6 is 24.0 Å². The van der Waals surface area contributed by atoms with Gasteiger partial charge >= 0.3 is 0 Å². The van der Waals surface area contributed by atoms with Gasteiger partial charge in [-0.3, -0.25) is 9.69 Å². The number of carbonyl (C=O) groups excluding carboxylic acids is 1. The fourth-order valence-electron chi connectivity index (χ4n) is 2.51. The van der Waals surface area contributed by atoms with Gasteiger partial charge in [0.25, 0.3) is 5.91 Å². The van der Waals surface area contributed by atoms with E-state index in [0.717, 1.165) is 5.69 Å². The Bertz CT molecular complexity index is 895. The van der Waals surface area contributed by atoms with Crippen LogP contribution in [0.15, 0.2) is 47.4 Å². The van der Waals surface area contributed by atoms with Crippen molar-refractivity contribution in [3.63, 3.8) is 0 Å². The average molecular weight is 388 g/mol. The van der Waals surface area contributed by atoms with E-state index in [9.17, 15) is 9.18 Å². The molecule has 26 heavy (non-hydrogen) atoms. The Labute approximate surface area is 161 Å². The number of hydrogen-bond acceptors (Lipinski definition) is 5. The Morgan fingerprint density at radius 1 is 1.19 bits per heavy atom. The van der Waals surface area contributed by atoms with E-state index in [-0.39, 0.29) is 11.7 Å². The van der Waals surface area contributed by atoms with E-state index in [2.05, 4.69) is 0 Å². The van der Waals surface area contributed by atoms with Gasteiger partial charge in [-0.2, -0.15) is 0 Å². The van der Waals surface area contributed by atoms with Crippen molar-refractivity contribution in [2.75, 3.05) is 31.0 Å². The van der Waals surface area contributed by atoms with Gasteiger partial charge < -0.3 is 9.64 Å². The number of nitrogens with zero attached hydrogens (tertiary/aromatic N) is 2. The third kappa shape index (κ3) is 3.59. The van der Waals surface area contributed by atoms with Gasteiger partial charge in [0.15, 0.2) is 15.9 Å². The van der Waals surface area contributed by atoms with Crippen LogP contribution in [0.3, 0.4) is 0 Å². The minimum Gasteiger partial charge on any atom is -0.494 e. The standard InChI is InChI=1S/C19H17FN2O2S2/c1-21(2)13-5-7-14(8-6-13)22-18(23)17(26-19(22)25)11-12-4-9-16(24-3)15(20)10-12/h4-11H,1-3H3/b17-11-. The van der Waals surface area contributed by atoms with Crippen LogP contribution in [0.1, 0.15) is 5.56 Å². The third-order valence-corrected chi connectivity index (χ3v) is 5.19. The average Bonchev–Trinajstić information content (AvgIpc) is 2.89. The van der Waals surface area contributed by atoms with Crippen LogP contribution in [0.4, 0.5) is 15.8 Å². The summed E-state index contributed by atoms with van der Waals surface area (Å²) in [6.45, 7) is 0. The summed E-state index contributed by atoms with van der Waals surface area (Å²) in [5, 5.41) is 0. The van der Waals surface area contributed by atoms with Gasteiger partial charge in [-0.05, 0) is 48.0 Å². The highest BCUT2D eigenvalue weighted by molar-refractivity contribution is 8.27. The SMILES string of the molecule is COc1ccc(/C=C2\SC(=S)N(c3ccc(N(C)C)cc3)C2=O)cc1F. The zero-order valence-corrected chi connectivity index (χ0v) is 16.2. The molecule has 0 unspecified atom stereocenters. The molecule has 7 heteroatoms. The van der Waals surface area contributed by atoms with Crippen molar-refractivity contribution < 1.29 is 13.9 Å². The maximum Gasteiger partial charge on any atom is 0.270 e. The number of halogens is 1. The summed E-state index contributed by atoms with van der Waals surface area (Å²) in [5.41, 5.74) is 2.32. The maximum atomic E-state index is 13.9. The van der Waals surface area contributed by atoms with E-state index in [0.29, 0.717) is 20.5 Å². The number of carbonyl (C=O) groups is 1. The van der Waals surface area contributed by atoms with Gasteiger partial charge in [-0.25, -0.2) is 4.39 Å². The second-order valence-corrected chi connectivity index (χ2v) is 7.50. The Kier molecular flexibility index (Phi) is 5.29. The number of thioether (sulfide) groups is 1. The van der Waals surface area contributed by atoms with Gasteiger partial charge in [0.05, 0.1) is 17.7 Å². The highest BCUT2D eigenvalue weighted by atomic mass is 32.2. The van der Waals surface area contributed by atoms with Crippen molar-refractivity contribution in [2.45, 2.75) is 0 Å².